The fraction of sp³-hybridized carbons (Fsp3) is 0.571. The third kappa shape index (κ3) is 1.19. The zero-order valence-corrected chi connectivity index (χ0v) is 5.42. The molecule has 0 unspecified atom stereocenters. The first-order valence-corrected chi connectivity index (χ1v) is 3.16. The first-order valence-electron chi connectivity index (χ1n) is 3.16. The van der Waals surface area contributed by atoms with Gasteiger partial charge in [-0.05, 0) is 18.1 Å². The van der Waals surface area contributed by atoms with Crippen LogP contribution >= 0.6 is 0 Å². The molecule has 9 heavy (non-hydrogen) atoms. The van der Waals surface area contributed by atoms with Gasteiger partial charge >= 0.3 is 0 Å². The predicted octanol–water partition coefficient (Wildman–Crippen LogP) is 0.657. The van der Waals surface area contributed by atoms with Gasteiger partial charge in [-0.25, -0.2) is 0 Å². The zero-order chi connectivity index (χ0) is 6.85. The summed E-state index contributed by atoms with van der Waals surface area (Å²) in [4.78, 5) is 10.8. The van der Waals surface area contributed by atoms with Crippen LogP contribution in [0.3, 0.4) is 0 Å². The highest BCUT2D eigenvalue weighted by Gasteiger charge is 2.19. The molecule has 0 radical (unpaired) electrons. The maximum Gasteiger partial charge on any atom is 0.161 e. The van der Waals surface area contributed by atoms with Gasteiger partial charge in [0.05, 0.1) is 6.10 Å². The Morgan fingerprint density at radius 3 is 2.78 bits per heavy atom. The van der Waals surface area contributed by atoms with Gasteiger partial charge in [0.1, 0.15) is 0 Å². The van der Waals surface area contributed by atoms with Crippen LogP contribution in [0.2, 0.25) is 0 Å². The minimum absolute atomic E-state index is 0.102. The van der Waals surface area contributed by atoms with Crippen molar-refractivity contribution in [1.82, 2.24) is 0 Å². The Balaban J connectivity index is 2.68. The van der Waals surface area contributed by atoms with E-state index in [2.05, 4.69) is 0 Å². The van der Waals surface area contributed by atoms with E-state index in [1.807, 2.05) is 6.92 Å². The van der Waals surface area contributed by atoms with Crippen molar-refractivity contribution in [2.24, 2.45) is 0 Å². The van der Waals surface area contributed by atoms with Crippen LogP contribution in [-0.2, 0) is 4.79 Å². The lowest BCUT2D eigenvalue weighted by Gasteiger charge is -1.89. The van der Waals surface area contributed by atoms with Gasteiger partial charge < -0.3 is 5.11 Å². The second-order valence-electron chi connectivity index (χ2n) is 2.24. The Kier molecular flexibility index (Phi) is 1.67. The summed E-state index contributed by atoms with van der Waals surface area (Å²) in [6, 6.07) is 0. The number of aliphatic hydroxyl groups excluding tert-OH is 1. The molecule has 1 rings (SSSR count). The van der Waals surface area contributed by atoms with Crippen molar-refractivity contribution in [3.05, 3.63) is 11.6 Å². The minimum atomic E-state index is -0.507. The van der Waals surface area contributed by atoms with Crippen LogP contribution in [0.1, 0.15) is 19.8 Å². The number of hydrogen-bond donors (Lipinski definition) is 1. The summed E-state index contributed by atoms with van der Waals surface area (Å²) < 4.78 is 0. The maximum absolute atomic E-state index is 10.8. The van der Waals surface area contributed by atoms with Crippen molar-refractivity contribution in [2.45, 2.75) is 25.9 Å². The normalized spacial score (nSPS) is 26.7. The summed E-state index contributed by atoms with van der Waals surface area (Å²) in [5.41, 5.74) is 0.780. The Bertz CT molecular complexity index is 158. The van der Waals surface area contributed by atoms with Gasteiger partial charge in [0.15, 0.2) is 5.78 Å². The fourth-order valence-corrected chi connectivity index (χ4v) is 1.02. The molecular weight excluding hydrogens is 116 g/mol. The number of carbonyl (C=O) groups is 1. The van der Waals surface area contributed by atoms with E-state index in [1.54, 1.807) is 6.08 Å². The summed E-state index contributed by atoms with van der Waals surface area (Å²) >= 11 is 0. The van der Waals surface area contributed by atoms with Crippen LogP contribution in [0.4, 0.5) is 0 Å². The smallest absolute Gasteiger partial charge is 0.161 e. The number of Topliss-reactive ketones (excluding diaryl/α,β-unsaturated/α-hetero) is 1. The number of aliphatic hydroxyl groups is 1. The number of hydrogen-bond acceptors (Lipinski definition) is 2. The summed E-state index contributed by atoms with van der Waals surface area (Å²) in [6.45, 7) is 1.92. The SMILES string of the molecule is CCC1=C[C@H](O)CC1=O. The highest BCUT2D eigenvalue weighted by atomic mass is 16.3. The third-order valence-electron chi connectivity index (χ3n) is 1.53. The summed E-state index contributed by atoms with van der Waals surface area (Å²) in [7, 11) is 0. The van der Waals surface area contributed by atoms with Crippen molar-refractivity contribution in [3.8, 4) is 0 Å². The van der Waals surface area contributed by atoms with Crippen molar-refractivity contribution in [1.29, 1.82) is 0 Å². The number of allylic oxidation sites excluding steroid dienone is 1. The van der Waals surface area contributed by atoms with Crippen molar-refractivity contribution in [2.75, 3.05) is 0 Å². The summed E-state index contributed by atoms with van der Waals surface area (Å²) in [5.74, 6) is 0.102. The average molecular weight is 126 g/mol. The molecule has 0 fully saturated rings. The van der Waals surface area contributed by atoms with Gasteiger partial charge in [0.25, 0.3) is 0 Å². The van der Waals surface area contributed by atoms with Crippen LogP contribution in [0.25, 0.3) is 0 Å². The molecular formula is C7H10O2. The highest BCUT2D eigenvalue weighted by Crippen LogP contribution is 2.16. The Morgan fingerprint density at radius 2 is 2.56 bits per heavy atom. The minimum Gasteiger partial charge on any atom is -0.389 e. The Morgan fingerprint density at radius 1 is 1.89 bits per heavy atom. The number of carbonyl (C=O) groups excluding carboxylic acids is 1. The summed E-state index contributed by atoms with van der Waals surface area (Å²) in [6.07, 6.45) is 2.17. The zero-order valence-electron chi connectivity index (χ0n) is 5.42. The average Bonchev–Trinajstić information content (AvgIpc) is 2.10. The van der Waals surface area contributed by atoms with E-state index in [9.17, 15) is 4.79 Å². The summed E-state index contributed by atoms with van der Waals surface area (Å²) in [5, 5.41) is 8.90. The molecule has 2 heteroatoms. The molecule has 1 aliphatic rings. The van der Waals surface area contributed by atoms with Gasteiger partial charge in [0, 0.05) is 6.42 Å². The van der Waals surface area contributed by atoms with Crippen LogP contribution in [0.15, 0.2) is 11.6 Å². The Labute approximate surface area is 54.2 Å². The molecule has 0 aliphatic heterocycles. The second-order valence-corrected chi connectivity index (χ2v) is 2.24. The molecule has 0 amide bonds. The first kappa shape index (κ1) is 6.49. The predicted molar refractivity (Wildman–Crippen MR) is 34.0 cm³/mol. The lowest BCUT2D eigenvalue weighted by molar-refractivity contribution is -0.115. The largest absolute Gasteiger partial charge is 0.389 e. The topological polar surface area (TPSA) is 37.3 Å². The van der Waals surface area contributed by atoms with Gasteiger partial charge in [0.2, 0.25) is 0 Å². The molecule has 1 atom stereocenters. The molecule has 0 spiro atoms. The van der Waals surface area contributed by atoms with Crippen LogP contribution in [-0.4, -0.2) is 17.0 Å². The van der Waals surface area contributed by atoms with E-state index in [-0.39, 0.29) is 5.78 Å². The van der Waals surface area contributed by atoms with Crippen molar-refractivity contribution >= 4 is 5.78 Å². The highest BCUT2D eigenvalue weighted by molar-refractivity contribution is 5.98. The molecule has 2 nitrogen and oxygen atoms in total. The maximum atomic E-state index is 10.8. The molecule has 0 saturated heterocycles. The molecule has 0 aromatic rings. The van der Waals surface area contributed by atoms with Gasteiger partial charge in [-0.3, -0.25) is 4.79 Å². The van der Waals surface area contributed by atoms with E-state index >= 15 is 0 Å². The second kappa shape index (κ2) is 2.31. The van der Waals surface area contributed by atoms with Gasteiger partial charge in [-0.1, -0.05) is 6.92 Å². The van der Waals surface area contributed by atoms with E-state index in [4.69, 9.17) is 5.11 Å². The molecule has 0 saturated carbocycles. The monoisotopic (exact) mass is 126 g/mol. The fourth-order valence-electron chi connectivity index (χ4n) is 1.02. The van der Waals surface area contributed by atoms with Gasteiger partial charge in [-0.15, -0.1) is 0 Å². The number of rotatable bonds is 1. The third-order valence-corrected chi connectivity index (χ3v) is 1.53. The van der Waals surface area contributed by atoms with E-state index in [0.717, 1.165) is 12.0 Å². The quantitative estimate of drug-likeness (QED) is 0.560. The Hall–Kier alpha value is -0.630. The lowest BCUT2D eigenvalue weighted by Crippen LogP contribution is -2.00. The molecule has 50 valence electrons. The molecule has 0 aromatic carbocycles. The van der Waals surface area contributed by atoms with E-state index in [0.29, 0.717) is 6.42 Å². The molecule has 1 N–H and O–H groups in total. The van der Waals surface area contributed by atoms with Crippen molar-refractivity contribution in [3.63, 3.8) is 0 Å². The lowest BCUT2D eigenvalue weighted by atomic mass is 10.2. The standard InChI is InChI=1S/C7H10O2/c1-2-5-3-6(8)4-7(5)9/h3,6,8H,2,4H2,1H3/t6-/m0/s1. The molecule has 1 aliphatic carbocycles. The van der Waals surface area contributed by atoms with Crippen LogP contribution in [0.5, 0.6) is 0 Å². The molecule has 0 aromatic heterocycles. The van der Waals surface area contributed by atoms with E-state index < -0.39 is 6.10 Å². The first-order chi connectivity index (χ1) is 4.24. The van der Waals surface area contributed by atoms with Crippen LogP contribution in [0, 0.1) is 0 Å². The van der Waals surface area contributed by atoms with E-state index in [1.165, 1.54) is 0 Å². The van der Waals surface area contributed by atoms with Crippen molar-refractivity contribution < 1.29 is 9.90 Å². The molecule has 0 heterocycles. The number of ketones is 1. The molecule has 0 bridgehead atoms. The van der Waals surface area contributed by atoms with Gasteiger partial charge in [-0.2, -0.15) is 0 Å². The van der Waals surface area contributed by atoms with Crippen LogP contribution < -0.4 is 0 Å².